The fraction of sp³-hybridized carbons (Fsp3) is 0.812. The molecule has 22 heavy (non-hydrogen) atoms. The Labute approximate surface area is 131 Å². The van der Waals surface area contributed by atoms with E-state index in [1.807, 2.05) is 4.90 Å². The van der Waals surface area contributed by atoms with Gasteiger partial charge < -0.3 is 14.9 Å². The molecule has 1 N–H and O–H groups in total. The van der Waals surface area contributed by atoms with Crippen LogP contribution in [0.5, 0.6) is 0 Å². The molecular formula is C16H26N2O4. The highest BCUT2D eigenvalue weighted by Crippen LogP contribution is 2.33. The van der Waals surface area contributed by atoms with Crippen LogP contribution < -0.4 is 0 Å². The molecule has 6 nitrogen and oxygen atoms in total. The van der Waals surface area contributed by atoms with Crippen molar-refractivity contribution in [2.45, 2.75) is 52.5 Å². The molecule has 0 aromatic carbocycles. The Balaban J connectivity index is 2.00. The van der Waals surface area contributed by atoms with Crippen molar-refractivity contribution in [1.82, 2.24) is 9.80 Å². The highest BCUT2D eigenvalue weighted by atomic mass is 16.4. The number of carboxylic acid groups (broad SMARTS) is 1. The molecule has 2 fully saturated rings. The first-order valence-electron chi connectivity index (χ1n) is 8.14. The first kappa shape index (κ1) is 16.8. The maximum absolute atomic E-state index is 12.6. The van der Waals surface area contributed by atoms with E-state index >= 15 is 0 Å². The van der Waals surface area contributed by atoms with Gasteiger partial charge in [0.15, 0.2) is 0 Å². The zero-order valence-electron chi connectivity index (χ0n) is 13.7. The molecule has 2 heterocycles. The minimum absolute atomic E-state index is 0.0484. The topological polar surface area (TPSA) is 77.9 Å². The fourth-order valence-electron chi connectivity index (χ4n) is 3.56. The Morgan fingerprint density at radius 3 is 2.50 bits per heavy atom. The zero-order chi connectivity index (χ0) is 16.5. The lowest BCUT2D eigenvalue weighted by Gasteiger charge is -2.27. The SMILES string of the molecule is CCC(CC)N1CC(C(=O)N2CCC(C)(C(=O)O)C2)CC1=O. The van der Waals surface area contributed by atoms with Crippen LogP contribution in [0.2, 0.25) is 0 Å². The molecule has 2 aliphatic heterocycles. The van der Waals surface area contributed by atoms with Crippen molar-refractivity contribution >= 4 is 17.8 Å². The van der Waals surface area contributed by atoms with E-state index in [0.717, 1.165) is 12.8 Å². The lowest BCUT2D eigenvalue weighted by atomic mass is 9.90. The average molecular weight is 310 g/mol. The monoisotopic (exact) mass is 310 g/mol. The summed E-state index contributed by atoms with van der Waals surface area (Å²) >= 11 is 0. The molecule has 0 radical (unpaired) electrons. The third-order valence-corrected chi connectivity index (χ3v) is 5.19. The second-order valence-electron chi connectivity index (χ2n) is 6.79. The van der Waals surface area contributed by atoms with Gasteiger partial charge in [-0.15, -0.1) is 0 Å². The first-order valence-corrected chi connectivity index (χ1v) is 8.14. The van der Waals surface area contributed by atoms with E-state index in [1.54, 1.807) is 11.8 Å². The molecular weight excluding hydrogens is 284 g/mol. The van der Waals surface area contributed by atoms with E-state index in [0.29, 0.717) is 19.5 Å². The lowest BCUT2D eigenvalue weighted by molar-refractivity contribution is -0.147. The minimum Gasteiger partial charge on any atom is -0.481 e. The van der Waals surface area contributed by atoms with Crippen LogP contribution in [-0.4, -0.2) is 58.4 Å². The largest absolute Gasteiger partial charge is 0.481 e. The van der Waals surface area contributed by atoms with Crippen molar-refractivity contribution in [2.24, 2.45) is 11.3 Å². The lowest BCUT2D eigenvalue weighted by Crippen LogP contribution is -2.40. The summed E-state index contributed by atoms with van der Waals surface area (Å²) in [7, 11) is 0. The Hall–Kier alpha value is -1.59. The summed E-state index contributed by atoms with van der Waals surface area (Å²) in [6.45, 7) is 6.97. The second kappa shape index (κ2) is 6.26. The van der Waals surface area contributed by atoms with Crippen molar-refractivity contribution in [3.63, 3.8) is 0 Å². The van der Waals surface area contributed by atoms with Crippen LogP contribution in [0, 0.1) is 11.3 Å². The molecule has 0 saturated carbocycles. The summed E-state index contributed by atoms with van der Waals surface area (Å²) in [5, 5.41) is 9.26. The molecule has 2 unspecified atom stereocenters. The van der Waals surface area contributed by atoms with Gasteiger partial charge >= 0.3 is 5.97 Å². The predicted octanol–water partition coefficient (Wildman–Crippen LogP) is 1.35. The molecule has 0 aromatic rings. The second-order valence-corrected chi connectivity index (χ2v) is 6.79. The molecule has 0 spiro atoms. The Kier molecular flexibility index (Phi) is 4.78. The summed E-state index contributed by atoms with van der Waals surface area (Å²) in [6.07, 6.45) is 2.52. The van der Waals surface area contributed by atoms with Gasteiger partial charge in [-0.1, -0.05) is 13.8 Å². The summed E-state index contributed by atoms with van der Waals surface area (Å²) < 4.78 is 0. The van der Waals surface area contributed by atoms with Crippen LogP contribution >= 0.6 is 0 Å². The van der Waals surface area contributed by atoms with E-state index in [9.17, 15) is 19.5 Å². The van der Waals surface area contributed by atoms with E-state index in [1.165, 1.54) is 0 Å². The number of aliphatic carboxylic acids is 1. The number of hydrogen-bond acceptors (Lipinski definition) is 3. The molecule has 2 amide bonds. The average Bonchev–Trinajstić information content (AvgIpc) is 3.05. The number of hydrogen-bond donors (Lipinski definition) is 1. The van der Waals surface area contributed by atoms with Crippen molar-refractivity contribution in [1.29, 1.82) is 0 Å². The first-order chi connectivity index (χ1) is 10.3. The van der Waals surface area contributed by atoms with Crippen LogP contribution in [0.3, 0.4) is 0 Å². The van der Waals surface area contributed by atoms with Crippen molar-refractivity contribution in [3.8, 4) is 0 Å². The number of nitrogens with zero attached hydrogens (tertiary/aromatic N) is 2. The number of carboxylic acids is 1. The maximum Gasteiger partial charge on any atom is 0.311 e. The van der Waals surface area contributed by atoms with E-state index in [4.69, 9.17) is 0 Å². The fourth-order valence-corrected chi connectivity index (χ4v) is 3.56. The highest BCUT2D eigenvalue weighted by Gasteiger charge is 2.45. The molecule has 2 saturated heterocycles. The van der Waals surface area contributed by atoms with Gasteiger partial charge in [0.25, 0.3) is 0 Å². The summed E-state index contributed by atoms with van der Waals surface area (Å²) in [5.74, 6) is -1.19. The Morgan fingerprint density at radius 1 is 1.36 bits per heavy atom. The van der Waals surface area contributed by atoms with Gasteiger partial charge in [-0.05, 0) is 26.2 Å². The van der Waals surface area contributed by atoms with Gasteiger partial charge in [0.1, 0.15) is 0 Å². The van der Waals surface area contributed by atoms with Gasteiger partial charge in [-0.25, -0.2) is 0 Å². The minimum atomic E-state index is -0.857. The molecule has 2 aliphatic rings. The maximum atomic E-state index is 12.6. The zero-order valence-corrected chi connectivity index (χ0v) is 13.7. The number of carbonyl (C=O) groups excluding carboxylic acids is 2. The molecule has 2 rings (SSSR count). The van der Waals surface area contributed by atoms with Gasteiger partial charge in [0, 0.05) is 32.1 Å². The summed E-state index contributed by atoms with van der Waals surface area (Å²) in [5.41, 5.74) is -0.854. The standard InChI is InChI=1S/C16H26N2O4/c1-4-12(5-2)18-9-11(8-13(18)19)14(20)17-7-6-16(3,10-17)15(21)22/h11-12H,4-10H2,1-3H3,(H,21,22). The molecule has 0 aromatic heterocycles. The van der Waals surface area contributed by atoms with Gasteiger partial charge in [-0.3, -0.25) is 14.4 Å². The van der Waals surface area contributed by atoms with Crippen molar-refractivity contribution < 1.29 is 19.5 Å². The highest BCUT2D eigenvalue weighted by molar-refractivity contribution is 5.90. The third-order valence-electron chi connectivity index (χ3n) is 5.19. The molecule has 0 aliphatic carbocycles. The molecule has 0 bridgehead atoms. The van der Waals surface area contributed by atoms with Gasteiger partial charge in [-0.2, -0.15) is 0 Å². The smallest absolute Gasteiger partial charge is 0.311 e. The quantitative estimate of drug-likeness (QED) is 0.831. The van der Waals surface area contributed by atoms with E-state index < -0.39 is 11.4 Å². The molecule has 124 valence electrons. The summed E-state index contributed by atoms with van der Waals surface area (Å²) in [4.78, 5) is 39.5. The van der Waals surface area contributed by atoms with Gasteiger partial charge in [0.2, 0.25) is 11.8 Å². The van der Waals surface area contributed by atoms with Crippen LogP contribution in [0.25, 0.3) is 0 Å². The Bertz CT molecular complexity index is 475. The number of rotatable bonds is 5. The molecule has 6 heteroatoms. The predicted molar refractivity (Wildman–Crippen MR) is 81.1 cm³/mol. The van der Waals surface area contributed by atoms with Crippen LogP contribution in [0.15, 0.2) is 0 Å². The number of likely N-dealkylation sites (tertiary alicyclic amines) is 2. The normalized spacial score (nSPS) is 28.7. The van der Waals surface area contributed by atoms with Crippen molar-refractivity contribution in [2.75, 3.05) is 19.6 Å². The van der Waals surface area contributed by atoms with Crippen LogP contribution in [0.4, 0.5) is 0 Å². The number of amides is 2. The van der Waals surface area contributed by atoms with E-state index in [-0.39, 0.29) is 36.7 Å². The van der Waals surface area contributed by atoms with Crippen molar-refractivity contribution in [3.05, 3.63) is 0 Å². The molecule has 2 atom stereocenters. The number of carbonyl (C=O) groups is 3. The third kappa shape index (κ3) is 2.96. The van der Waals surface area contributed by atoms with E-state index in [2.05, 4.69) is 13.8 Å². The summed E-state index contributed by atoms with van der Waals surface area (Å²) in [6, 6.07) is 0.202. The van der Waals surface area contributed by atoms with Crippen LogP contribution in [0.1, 0.15) is 46.5 Å². The van der Waals surface area contributed by atoms with Gasteiger partial charge in [0.05, 0.1) is 11.3 Å². The van der Waals surface area contributed by atoms with Crippen LogP contribution in [-0.2, 0) is 14.4 Å². The Morgan fingerprint density at radius 2 is 2.00 bits per heavy atom.